The van der Waals surface area contributed by atoms with Crippen LogP contribution in [0.4, 0.5) is 0 Å². The number of nitrogens with zero attached hydrogens (tertiary/aromatic N) is 3. The van der Waals surface area contributed by atoms with Crippen LogP contribution >= 0.6 is 15.9 Å². The fraction of sp³-hybridized carbons (Fsp3) is 0.211. The highest BCUT2D eigenvalue weighted by Crippen LogP contribution is 2.20. The Balaban J connectivity index is 1.77. The Kier molecular flexibility index (Phi) is 5.28. The molecule has 0 fully saturated rings. The van der Waals surface area contributed by atoms with E-state index in [1.54, 1.807) is 11.0 Å². The van der Waals surface area contributed by atoms with E-state index in [4.69, 9.17) is 4.52 Å². The smallest absolute Gasteiger partial charge is 0.255 e. The average Bonchev–Trinajstić information content (AvgIpc) is 3.09. The van der Waals surface area contributed by atoms with Crippen molar-refractivity contribution in [1.82, 2.24) is 15.0 Å². The van der Waals surface area contributed by atoms with E-state index in [1.807, 2.05) is 56.3 Å². The van der Waals surface area contributed by atoms with Crippen LogP contribution in [-0.2, 0) is 6.54 Å². The lowest BCUT2D eigenvalue weighted by molar-refractivity contribution is 0.0733. The second-order valence-electron chi connectivity index (χ2n) is 5.68. The summed E-state index contributed by atoms with van der Waals surface area (Å²) in [5.74, 6) is 0.863. The molecular weight excluding hydrogens is 382 g/mol. The third kappa shape index (κ3) is 3.96. The molecule has 25 heavy (non-hydrogen) atoms. The third-order valence-electron chi connectivity index (χ3n) is 3.88. The van der Waals surface area contributed by atoms with Crippen molar-refractivity contribution in [2.75, 3.05) is 6.54 Å². The number of rotatable bonds is 5. The van der Waals surface area contributed by atoms with Crippen molar-refractivity contribution >= 4 is 21.8 Å². The SMILES string of the molecule is CCN(Cc1nc(-c2ccc(C)cc2)no1)C(=O)c1ccccc1Br. The zero-order valence-corrected chi connectivity index (χ0v) is 15.7. The van der Waals surface area contributed by atoms with Crippen molar-refractivity contribution in [2.24, 2.45) is 0 Å². The number of carbonyl (C=O) groups is 1. The molecule has 1 heterocycles. The molecule has 5 nitrogen and oxygen atoms in total. The third-order valence-corrected chi connectivity index (χ3v) is 4.57. The van der Waals surface area contributed by atoms with Gasteiger partial charge in [0.25, 0.3) is 5.91 Å². The molecular formula is C19H18BrN3O2. The molecule has 0 saturated heterocycles. The van der Waals surface area contributed by atoms with E-state index in [2.05, 4.69) is 26.1 Å². The maximum absolute atomic E-state index is 12.7. The molecule has 1 aromatic heterocycles. The second kappa shape index (κ2) is 7.61. The van der Waals surface area contributed by atoms with Crippen LogP contribution in [-0.4, -0.2) is 27.5 Å². The molecule has 128 valence electrons. The molecule has 0 radical (unpaired) electrons. The summed E-state index contributed by atoms with van der Waals surface area (Å²) in [4.78, 5) is 18.8. The van der Waals surface area contributed by atoms with E-state index >= 15 is 0 Å². The summed E-state index contributed by atoms with van der Waals surface area (Å²) >= 11 is 3.42. The summed E-state index contributed by atoms with van der Waals surface area (Å²) in [6.45, 7) is 4.77. The lowest BCUT2D eigenvalue weighted by Gasteiger charge is -2.19. The van der Waals surface area contributed by atoms with Gasteiger partial charge in [-0.05, 0) is 41.9 Å². The van der Waals surface area contributed by atoms with Crippen LogP contribution < -0.4 is 0 Å². The highest BCUT2D eigenvalue weighted by atomic mass is 79.9. The first kappa shape index (κ1) is 17.4. The second-order valence-corrected chi connectivity index (χ2v) is 6.53. The number of amides is 1. The van der Waals surface area contributed by atoms with Crippen molar-refractivity contribution in [3.8, 4) is 11.4 Å². The highest BCUT2D eigenvalue weighted by molar-refractivity contribution is 9.10. The van der Waals surface area contributed by atoms with E-state index in [9.17, 15) is 4.79 Å². The molecule has 6 heteroatoms. The lowest BCUT2D eigenvalue weighted by atomic mass is 10.1. The van der Waals surface area contributed by atoms with E-state index in [1.165, 1.54) is 5.56 Å². The Morgan fingerprint density at radius 1 is 1.16 bits per heavy atom. The van der Waals surface area contributed by atoms with Crippen LogP contribution in [0.5, 0.6) is 0 Å². The minimum absolute atomic E-state index is 0.0786. The molecule has 3 aromatic rings. The summed E-state index contributed by atoms with van der Waals surface area (Å²) < 4.78 is 6.10. The first-order chi connectivity index (χ1) is 12.1. The Labute approximate surface area is 154 Å². The first-order valence-electron chi connectivity index (χ1n) is 8.02. The van der Waals surface area contributed by atoms with Gasteiger partial charge in [0, 0.05) is 16.6 Å². The topological polar surface area (TPSA) is 59.2 Å². The van der Waals surface area contributed by atoms with Crippen molar-refractivity contribution in [1.29, 1.82) is 0 Å². The molecule has 0 aliphatic rings. The Hall–Kier alpha value is -2.47. The molecule has 2 aromatic carbocycles. The van der Waals surface area contributed by atoms with Gasteiger partial charge in [-0.3, -0.25) is 4.79 Å². The van der Waals surface area contributed by atoms with E-state index in [0.717, 1.165) is 10.0 Å². The normalized spacial score (nSPS) is 10.7. The number of halogens is 1. The monoisotopic (exact) mass is 399 g/mol. The first-order valence-corrected chi connectivity index (χ1v) is 8.81. The van der Waals surface area contributed by atoms with Crippen LogP contribution in [0.2, 0.25) is 0 Å². The van der Waals surface area contributed by atoms with Gasteiger partial charge in [0.2, 0.25) is 11.7 Å². The van der Waals surface area contributed by atoms with Gasteiger partial charge in [-0.15, -0.1) is 0 Å². The molecule has 0 aliphatic carbocycles. The van der Waals surface area contributed by atoms with Crippen LogP contribution in [0.3, 0.4) is 0 Å². The molecule has 3 rings (SSSR count). The molecule has 0 N–H and O–H groups in total. The van der Waals surface area contributed by atoms with E-state index in [0.29, 0.717) is 23.8 Å². The number of aryl methyl sites for hydroxylation is 1. The molecule has 0 atom stereocenters. The maximum Gasteiger partial charge on any atom is 0.255 e. The lowest BCUT2D eigenvalue weighted by Crippen LogP contribution is -2.30. The van der Waals surface area contributed by atoms with E-state index < -0.39 is 0 Å². The maximum atomic E-state index is 12.7. The Morgan fingerprint density at radius 2 is 1.88 bits per heavy atom. The molecule has 1 amide bonds. The van der Waals surface area contributed by atoms with Gasteiger partial charge in [-0.2, -0.15) is 4.98 Å². The summed E-state index contributed by atoms with van der Waals surface area (Å²) in [5.41, 5.74) is 2.67. The van der Waals surface area contributed by atoms with Crippen LogP contribution in [0.1, 0.15) is 28.7 Å². The van der Waals surface area contributed by atoms with Gasteiger partial charge in [-0.1, -0.05) is 47.1 Å². The van der Waals surface area contributed by atoms with Crippen molar-refractivity contribution in [2.45, 2.75) is 20.4 Å². The predicted octanol–water partition coefficient (Wildman–Crippen LogP) is 4.47. The van der Waals surface area contributed by atoms with Crippen molar-refractivity contribution in [3.63, 3.8) is 0 Å². The van der Waals surface area contributed by atoms with Crippen molar-refractivity contribution < 1.29 is 9.32 Å². The molecule has 0 spiro atoms. The van der Waals surface area contributed by atoms with E-state index in [-0.39, 0.29) is 12.5 Å². The number of hydrogen-bond donors (Lipinski definition) is 0. The summed E-state index contributed by atoms with van der Waals surface area (Å²) in [5, 5.41) is 4.02. The summed E-state index contributed by atoms with van der Waals surface area (Å²) in [7, 11) is 0. The fourth-order valence-electron chi connectivity index (χ4n) is 2.43. The van der Waals surface area contributed by atoms with Gasteiger partial charge < -0.3 is 9.42 Å². The largest absolute Gasteiger partial charge is 0.337 e. The van der Waals surface area contributed by atoms with Crippen LogP contribution in [0.15, 0.2) is 57.5 Å². The highest BCUT2D eigenvalue weighted by Gasteiger charge is 2.19. The molecule has 0 bridgehead atoms. The zero-order valence-electron chi connectivity index (χ0n) is 14.1. The van der Waals surface area contributed by atoms with Crippen LogP contribution in [0.25, 0.3) is 11.4 Å². The number of aromatic nitrogens is 2. The van der Waals surface area contributed by atoms with Gasteiger partial charge in [0.05, 0.1) is 5.56 Å². The number of hydrogen-bond acceptors (Lipinski definition) is 4. The summed E-state index contributed by atoms with van der Waals surface area (Å²) in [6, 6.07) is 15.3. The standard InChI is InChI=1S/C19H18BrN3O2/c1-3-23(19(24)15-6-4-5-7-16(15)20)12-17-21-18(22-25-17)14-10-8-13(2)9-11-14/h4-11H,3,12H2,1-2H3. The van der Waals surface area contributed by atoms with Gasteiger partial charge in [0.15, 0.2) is 0 Å². The van der Waals surface area contributed by atoms with Crippen LogP contribution in [0, 0.1) is 6.92 Å². The van der Waals surface area contributed by atoms with Gasteiger partial charge >= 0.3 is 0 Å². The molecule has 0 unspecified atom stereocenters. The Morgan fingerprint density at radius 3 is 2.56 bits per heavy atom. The minimum Gasteiger partial charge on any atom is -0.337 e. The minimum atomic E-state index is -0.0786. The van der Waals surface area contributed by atoms with Crippen molar-refractivity contribution in [3.05, 3.63) is 70.0 Å². The predicted molar refractivity (Wildman–Crippen MR) is 99.0 cm³/mol. The molecule has 0 saturated carbocycles. The fourth-order valence-corrected chi connectivity index (χ4v) is 2.89. The number of carbonyl (C=O) groups excluding carboxylic acids is 1. The van der Waals surface area contributed by atoms with Gasteiger partial charge in [0.1, 0.15) is 6.54 Å². The van der Waals surface area contributed by atoms with Gasteiger partial charge in [-0.25, -0.2) is 0 Å². The number of benzene rings is 2. The zero-order chi connectivity index (χ0) is 17.8. The molecule has 0 aliphatic heterocycles. The average molecular weight is 400 g/mol. The summed E-state index contributed by atoms with van der Waals surface area (Å²) in [6.07, 6.45) is 0. The Bertz CT molecular complexity index is 874. The quantitative estimate of drug-likeness (QED) is 0.634.